The summed E-state index contributed by atoms with van der Waals surface area (Å²) in [5.74, 6) is -0.165. The van der Waals surface area contributed by atoms with Crippen molar-refractivity contribution in [1.82, 2.24) is 15.1 Å². The van der Waals surface area contributed by atoms with Crippen LogP contribution < -0.4 is 5.32 Å². The molecule has 0 unspecified atom stereocenters. The minimum atomic E-state index is -1.00. The lowest BCUT2D eigenvalue weighted by atomic mass is 9.88. The van der Waals surface area contributed by atoms with E-state index in [1.54, 1.807) is 13.8 Å². The van der Waals surface area contributed by atoms with E-state index in [1.165, 1.54) is 24.8 Å². The highest BCUT2D eigenvalue weighted by Crippen LogP contribution is 2.24. The van der Waals surface area contributed by atoms with E-state index in [4.69, 9.17) is 0 Å². The molecule has 2 amide bonds. The number of amides is 2. The number of benzene rings is 1. The van der Waals surface area contributed by atoms with Crippen LogP contribution in [0.3, 0.4) is 0 Å². The molecule has 1 aromatic rings. The number of nitrogens with one attached hydrogen (secondary N) is 1. The number of rotatable bonds is 5. The maximum Gasteiger partial charge on any atom is 0.237 e. The maximum atomic E-state index is 13.0. The first kappa shape index (κ1) is 19.9. The molecule has 5 nitrogen and oxygen atoms in total. The Hall–Kier alpha value is -1.88. The third-order valence-electron chi connectivity index (χ3n) is 5.95. The monoisotopic (exact) mass is 371 g/mol. The van der Waals surface area contributed by atoms with E-state index in [9.17, 15) is 9.59 Å². The van der Waals surface area contributed by atoms with Crippen LogP contribution in [0.15, 0.2) is 30.3 Å². The van der Waals surface area contributed by atoms with Crippen molar-refractivity contribution in [1.29, 1.82) is 0 Å². The van der Waals surface area contributed by atoms with Crippen LogP contribution in [-0.4, -0.2) is 53.8 Å². The summed E-state index contributed by atoms with van der Waals surface area (Å²) in [6.07, 6.45) is 5.66. The molecular weight excluding hydrogens is 338 g/mol. The number of carbonyl (C=O) groups is 2. The van der Waals surface area contributed by atoms with Gasteiger partial charge in [-0.05, 0) is 32.3 Å². The summed E-state index contributed by atoms with van der Waals surface area (Å²) in [5, 5.41) is 3.12. The number of hydrogen-bond acceptors (Lipinski definition) is 3. The Morgan fingerprint density at radius 1 is 1.00 bits per heavy atom. The van der Waals surface area contributed by atoms with Gasteiger partial charge in [-0.3, -0.25) is 14.5 Å². The minimum absolute atomic E-state index is 0.0461. The van der Waals surface area contributed by atoms with Crippen LogP contribution in [0.1, 0.15) is 51.5 Å². The largest absolute Gasteiger partial charge is 0.352 e. The predicted molar refractivity (Wildman–Crippen MR) is 107 cm³/mol. The highest BCUT2D eigenvalue weighted by atomic mass is 16.2. The average molecular weight is 372 g/mol. The van der Waals surface area contributed by atoms with E-state index in [1.807, 2.05) is 11.0 Å². The first-order chi connectivity index (χ1) is 13.0. The van der Waals surface area contributed by atoms with Crippen molar-refractivity contribution in [2.75, 3.05) is 26.2 Å². The second-order valence-corrected chi connectivity index (χ2v) is 8.49. The fourth-order valence-electron chi connectivity index (χ4n) is 4.06. The van der Waals surface area contributed by atoms with Gasteiger partial charge in [-0.25, -0.2) is 0 Å². The summed E-state index contributed by atoms with van der Waals surface area (Å²) in [4.78, 5) is 30.0. The lowest BCUT2D eigenvalue weighted by Gasteiger charge is -2.38. The molecule has 1 aromatic carbocycles. The van der Waals surface area contributed by atoms with E-state index in [2.05, 4.69) is 34.5 Å². The van der Waals surface area contributed by atoms with E-state index in [0.717, 1.165) is 32.5 Å². The molecule has 2 fully saturated rings. The highest BCUT2D eigenvalue weighted by Gasteiger charge is 2.40. The van der Waals surface area contributed by atoms with Gasteiger partial charge in [0, 0.05) is 38.8 Å². The van der Waals surface area contributed by atoms with Crippen molar-refractivity contribution < 1.29 is 9.59 Å². The van der Waals surface area contributed by atoms with Crippen LogP contribution in [0.2, 0.25) is 0 Å². The molecule has 0 radical (unpaired) electrons. The van der Waals surface area contributed by atoms with Crippen molar-refractivity contribution in [3.05, 3.63) is 35.9 Å². The third-order valence-corrected chi connectivity index (χ3v) is 5.95. The standard InChI is InChI=1S/C22H33N3O2/c1-22(2,20(26)23-19-11-7-4-8-12-19)21(27)25-15-13-24(14-16-25)17-18-9-5-3-6-10-18/h3,5-6,9-10,19H,4,7-8,11-17H2,1-2H3,(H,23,26). The van der Waals surface area contributed by atoms with Gasteiger partial charge >= 0.3 is 0 Å². The Balaban J connectivity index is 1.50. The molecule has 5 heteroatoms. The molecule has 0 atom stereocenters. The summed E-state index contributed by atoms with van der Waals surface area (Å²) in [6.45, 7) is 7.52. The Morgan fingerprint density at radius 2 is 1.63 bits per heavy atom. The molecule has 0 spiro atoms. The normalized spacial score (nSPS) is 19.7. The molecule has 148 valence electrons. The quantitative estimate of drug-likeness (QED) is 0.810. The molecule has 1 aliphatic heterocycles. The molecular formula is C22H33N3O2. The van der Waals surface area contributed by atoms with Crippen molar-refractivity contribution in [3.8, 4) is 0 Å². The molecule has 0 aromatic heterocycles. The second kappa shape index (κ2) is 8.87. The zero-order valence-corrected chi connectivity index (χ0v) is 16.7. The summed E-state index contributed by atoms with van der Waals surface area (Å²) >= 11 is 0. The summed E-state index contributed by atoms with van der Waals surface area (Å²) in [5.41, 5.74) is 0.295. The molecule has 2 aliphatic rings. The molecule has 1 aliphatic carbocycles. The average Bonchev–Trinajstić information content (AvgIpc) is 2.69. The lowest BCUT2D eigenvalue weighted by molar-refractivity contribution is -0.150. The lowest BCUT2D eigenvalue weighted by Crippen LogP contribution is -2.56. The summed E-state index contributed by atoms with van der Waals surface area (Å²) in [7, 11) is 0. The van der Waals surface area contributed by atoms with E-state index < -0.39 is 5.41 Å². The molecule has 3 rings (SSSR count). The van der Waals surface area contributed by atoms with Crippen LogP contribution in [0, 0.1) is 5.41 Å². The van der Waals surface area contributed by atoms with Crippen molar-refractivity contribution in [2.24, 2.45) is 5.41 Å². The van der Waals surface area contributed by atoms with Gasteiger partial charge in [0.25, 0.3) is 0 Å². The van der Waals surface area contributed by atoms with Crippen molar-refractivity contribution in [2.45, 2.75) is 58.5 Å². The van der Waals surface area contributed by atoms with Gasteiger partial charge in [0.2, 0.25) is 11.8 Å². The Bertz CT molecular complexity index is 630. The van der Waals surface area contributed by atoms with Crippen molar-refractivity contribution in [3.63, 3.8) is 0 Å². The van der Waals surface area contributed by atoms with Crippen LogP contribution in [0.25, 0.3) is 0 Å². The fourth-order valence-corrected chi connectivity index (χ4v) is 4.06. The van der Waals surface area contributed by atoms with Crippen molar-refractivity contribution >= 4 is 11.8 Å². The maximum absolute atomic E-state index is 13.0. The molecule has 1 N–H and O–H groups in total. The summed E-state index contributed by atoms with van der Waals surface area (Å²) < 4.78 is 0. The second-order valence-electron chi connectivity index (χ2n) is 8.49. The van der Waals surface area contributed by atoms with Gasteiger partial charge in [-0.15, -0.1) is 0 Å². The van der Waals surface area contributed by atoms with Gasteiger partial charge in [0.15, 0.2) is 0 Å². The first-order valence-electron chi connectivity index (χ1n) is 10.3. The zero-order chi connectivity index (χ0) is 19.3. The first-order valence-corrected chi connectivity index (χ1v) is 10.3. The van der Waals surface area contributed by atoms with E-state index in [0.29, 0.717) is 13.1 Å². The Kier molecular flexibility index (Phi) is 6.53. The molecule has 0 bridgehead atoms. The van der Waals surface area contributed by atoms with E-state index >= 15 is 0 Å². The van der Waals surface area contributed by atoms with E-state index in [-0.39, 0.29) is 17.9 Å². The minimum Gasteiger partial charge on any atom is -0.352 e. The Labute approximate surface area is 163 Å². The fraction of sp³-hybridized carbons (Fsp3) is 0.636. The van der Waals surface area contributed by atoms with Gasteiger partial charge in [-0.2, -0.15) is 0 Å². The number of piperazine rings is 1. The topological polar surface area (TPSA) is 52.7 Å². The van der Waals surface area contributed by atoms with Gasteiger partial charge < -0.3 is 10.2 Å². The Morgan fingerprint density at radius 3 is 2.26 bits per heavy atom. The number of carbonyl (C=O) groups excluding carboxylic acids is 2. The van der Waals surface area contributed by atoms with Crippen LogP contribution in [0.4, 0.5) is 0 Å². The predicted octanol–water partition coefficient (Wildman–Crippen LogP) is 2.81. The van der Waals surface area contributed by atoms with Crippen LogP contribution in [0.5, 0.6) is 0 Å². The smallest absolute Gasteiger partial charge is 0.237 e. The zero-order valence-electron chi connectivity index (χ0n) is 16.7. The number of nitrogens with zero attached hydrogens (tertiary/aromatic N) is 2. The van der Waals surface area contributed by atoms with Gasteiger partial charge in [0.05, 0.1) is 0 Å². The van der Waals surface area contributed by atoms with Gasteiger partial charge in [0.1, 0.15) is 5.41 Å². The van der Waals surface area contributed by atoms with Crippen LogP contribution in [-0.2, 0) is 16.1 Å². The number of hydrogen-bond donors (Lipinski definition) is 1. The van der Waals surface area contributed by atoms with Gasteiger partial charge in [-0.1, -0.05) is 49.6 Å². The molecule has 1 heterocycles. The SMILES string of the molecule is CC(C)(C(=O)NC1CCCCC1)C(=O)N1CCN(Cc2ccccc2)CC1. The molecule has 27 heavy (non-hydrogen) atoms. The third kappa shape index (κ3) is 5.10. The molecule has 1 saturated carbocycles. The summed E-state index contributed by atoms with van der Waals surface area (Å²) in [6, 6.07) is 10.7. The molecule has 1 saturated heterocycles. The highest BCUT2D eigenvalue weighted by molar-refractivity contribution is 6.04. The van der Waals surface area contributed by atoms with Crippen LogP contribution >= 0.6 is 0 Å².